The number of hydrogen-bond acceptors (Lipinski definition) is 3. The average Bonchev–Trinajstić information content (AvgIpc) is 2.61. The standard InChI is InChI=1S/C11H18ClNOS/c1-3-13-9(8-14-2)4-5-10-6-7-11(12)15-10/h6-7,9,13H,3-5,8H2,1-2H3. The maximum Gasteiger partial charge on any atom is 0.0931 e. The summed E-state index contributed by atoms with van der Waals surface area (Å²) in [5.74, 6) is 0. The van der Waals surface area contributed by atoms with Gasteiger partial charge in [0.2, 0.25) is 0 Å². The highest BCUT2D eigenvalue weighted by Crippen LogP contribution is 2.22. The van der Waals surface area contributed by atoms with E-state index in [9.17, 15) is 0 Å². The van der Waals surface area contributed by atoms with Crippen LogP contribution in [0.2, 0.25) is 4.34 Å². The van der Waals surface area contributed by atoms with Crippen molar-refractivity contribution < 1.29 is 4.74 Å². The van der Waals surface area contributed by atoms with Crippen LogP contribution in [0, 0.1) is 0 Å². The molecule has 0 amide bonds. The van der Waals surface area contributed by atoms with Gasteiger partial charge in [-0.15, -0.1) is 11.3 Å². The Morgan fingerprint density at radius 2 is 2.33 bits per heavy atom. The van der Waals surface area contributed by atoms with E-state index in [1.807, 2.05) is 6.07 Å². The quantitative estimate of drug-likeness (QED) is 0.800. The van der Waals surface area contributed by atoms with Gasteiger partial charge in [0.15, 0.2) is 0 Å². The van der Waals surface area contributed by atoms with Crippen LogP contribution in [0.1, 0.15) is 18.2 Å². The van der Waals surface area contributed by atoms with Crippen molar-refractivity contribution in [2.75, 3.05) is 20.3 Å². The molecule has 0 saturated heterocycles. The SMILES string of the molecule is CCNC(CCc1ccc(Cl)s1)COC. The summed E-state index contributed by atoms with van der Waals surface area (Å²) in [7, 11) is 1.74. The van der Waals surface area contributed by atoms with E-state index in [0.717, 1.165) is 30.3 Å². The summed E-state index contributed by atoms with van der Waals surface area (Å²) in [5, 5.41) is 3.41. The van der Waals surface area contributed by atoms with E-state index >= 15 is 0 Å². The molecule has 86 valence electrons. The predicted molar refractivity (Wildman–Crippen MR) is 67.0 cm³/mol. The molecule has 2 nitrogen and oxygen atoms in total. The number of thiophene rings is 1. The van der Waals surface area contributed by atoms with Crippen LogP contribution in [-0.4, -0.2) is 26.3 Å². The Labute approximate surface area is 101 Å². The summed E-state index contributed by atoms with van der Waals surface area (Å²) in [4.78, 5) is 1.35. The van der Waals surface area contributed by atoms with Crippen LogP contribution in [0.3, 0.4) is 0 Å². The maximum absolute atomic E-state index is 5.88. The van der Waals surface area contributed by atoms with Crippen molar-refractivity contribution in [2.24, 2.45) is 0 Å². The molecular weight excluding hydrogens is 230 g/mol. The molecule has 0 aliphatic carbocycles. The average molecular weight is 248 g/mol. The molecule has 0 aromatic carbocycles. The van der Waals surface area contributed by atoms with Crippen molar-refractivity contribution in [2.45, 2.75) is 25.8 Å². The zero-order valence-electron chi connectivity index (χ0n) is 9.25. The van der Waals surface area contributed by atoms with Crippen molar-refractivity contribution in [3.63, 3.8) is 0 Å². The Hall–Kier alpha value is -0.0900. The molecule has 1 heterocycles. The monoisotopic (exact) mass is 247 g/mol. The van der Waals surface area contributed by atoms with E-state index in [1.165, 1.54) is 4.88 Å². The van der Waals surface area contributed by atoms with Crippen LogP contribution >= 0.6 is 22.9 Å². The van der Waals surface area contributed by atoms with Gasteiger partial charge >= 0.3 is 0 Å². The molecule has 0 aliphatic heterocycles. The summed E-state index contributed by atoms with van der Waals surface area (Å²) >= 11 is 7.54. The van der Waals surface area contributed by atoms with Crippen molar-refractivity contribution >= 4 is 22.9 Å². The van der Waals surface area contributed by atoms with Gasteiger partial charge in [0.05, 0.1) is 10.9 Å². The molecule has 1 rings (SSSR count). The number of halogens is 1. The molecule has 0 fully saturated rings. The molecule has 1 N–H and O–H groups in total. The van der Waals surface area contributed by atoms with Crippen LogP contribution in [0.25, 0.3) is 0 Å². The second-order valence-corrected chi connectivity index (χ2v) is 5.25. The first kappa shape index (κ1) is 13.0. The Morgan fingerprint density at radius 3 is 2.87 bits per heavy atom. The van der Waals surface area contributed by atoms with Crippen LogP contribution in [0.5, 0.6) is 0 Å². The van der Waals surface area contributed by atoms with E-state index in [1.54, 1.807) is 18.4 Å². The summed E-state index contributed by atoms with van der Waals surface area (Å²) < 4.78 is 6.04. The van der Waals surface area contributed by atoms with Gasteiger partial charge in [0, 0.05) is 18.0 Å². The molecule has 1 aromatic heterocycles. The number of nitrogens with one attached hydrogen (secondary N) is 1. The molecule has 1 unspecified atom stereocenters. The largest absolute Gasteiger partial charge is 0.383 e. The smallest absolute Gasteiger partial charge is 0.0931 e. The van der Waals surface area contributed by atoms with Gasteiger partial charge < -0.3 is 10.1 Å². The maximum atomic E-state index is 5.88. The summed E-state index contributed by atoms with van der Waals surface area (Å²) in [6.07, 6.45) is 2.16. The van der Waals surface area contributed by atoms with Gasteiger partial charge in [0.25, 0.3) is 0 Å². The highest BCUT2D eigenvalue weighted by molar-refractivity contribution is 7.16. The summed E-state index contributed by atoms with van der Waals surface area (Å²) in [5.41, 5.74) is 0. The number of ether oxygens (including phenoxy) is 1. The van der Waals surface area contributed by atoms with Gasteiger partial charge in [-0.3, -0.25) is 0 Å². The van der Waals surface area contributed by atoms with Crippen molar-refractivity contribution in [3.8, 4) is 0 Å². The molecule has 0 aliphatic rings. The van der Waals surface area contributed by atoms with Crippen LogP contribution in [0.15, 0.2) is 12.1 Å². The van der Waals surface area contributed by atoms with E-state index in [-0.39, 0.29) is 0 Å². The molecule has 0 radical (unpaired) electrons. The number of likely N-dealkylation sites (N-methyl/N-ethyl adjacent to an activating group) is 1. The van der Waals surface area contributed by atoms with E-state index in [2.05, 4.69) is 18.3 Å². The normalized spacial score (nSPS) is 13.0. The summed E-state index contributed by atoms with van der Waals surface area (Å²) in [6, 6.07) is 4.50. The highest BCUT2D eigenvalue weighted by Gasteiger charge is 2.07. The van der Waals surface area contributed by atoms with Crippen LogP contribution in [0.4, 0.5) is 0 Å². The van der Waals surface area contributed by atoms with Crippen molar-refractivity contribution in [3.05, 3.63) is 21.3 Å². The number of aryl methyl sites for hydroxylation is 1. The zero-order valence-corrected chi connectivity index (χ0v) is 10.8. The third-order valence-electron chi connectivity index (χ3n) is 2.23. The lowest BCUT2D eigenvalue weighted by Crippen LogP contribution is -2.33. The topological polar surface area (TPSA) is 21.3 Å². The minimum atomic E-state index is 0.445. The Bertz CT molecular complexity index is 271. The van der Waals surface area contributed by atoms with Gasteiger partial charge in [-0.1, -0.05) is 18.5 Å². The van der Waals surface area contributed by atoms with Crippen LogP contribution < -0.4 is 5.32 Å². The number of hydrogen-bond donors (Lipinski definition) is 1. The van der Waals surface area contributed by atoms with E-state index in [0.29, 0.717) is 6.04 Å². The molecule has 4 heteroatoms. The minimum absolute atomic E-state index is 0.445. The first-order chi connectivity index (χ1) is 7.26. The molecule has 0 spiro atoms. The Balaban J connectivity index is 2.32. The van der Waals surface area contributed by atoms with Gasteiger partial charge in [0.1, 0.15) is 0 Å². The van der Waals surface area contributed by atoms with Crippen molar-refractivity contribution in [1.29, 1.82) is 0 Å². The highest BCUT2D eigenvalue weighted by atomic mass is 35.5. The fraction of sp³-hybridized carbons (Fsp3) is 0.636. The third kappa shape index (κ3) is 4.98. The molecule has 15 heavy (non-hydrogen) atoms. The molecule has 1 aromatic rings. The Kier molecular flexibility index (Phi) is 6.25. The first-order valence-electron chi connectivity index (χ1n) is 5.22. The third-order valence-corrected chi connectivity index (χ3v) is 3.52. The van der Waals surface area contributed by atoms with Crippen molar-refractivity contribution in [1.82, 2.24) is 5.32 Å². The minimum Gasteiger partial charge on any atom is -0.383 e. The van der Waals surface area contributed by atoms with Crippen LogP contribution in [-0.2, 0) is 11.2 Å². The van der Waals surface area contributed by atoms with E-state index in [4.69, 9.17) is 16.3 Å². The fourth-order valence-corrected chi connectivity index (χ4v) is 2.64. The predicted octanol–water partition coefficient (Wildman–Crippen LogP) is 2.96. The lowest BCUT2D eigenvalue weighted by atomic mass is 10.1. The van der Waals surface area contributed by atoms with Gasteiger partial charge in [-0.05, 0) is 31.5 Å². The second kappa shape index (κ2) is 7.23. The van der Waals surface area contributed by atoms with Gasteiger partial charge in [-0.25, -0.2) is 0 Å². The molecule has 0 saturated carbocycles. The molecule has 0 bridgehead atoms. The lowest BCUT2D eigenvalue weighted by molar-refractivity contribution is 0.163. The summed E-state index contributed by atoms with van der Waals surface area (Å²) in [6.45, 7) is 3.87. The number of methoxy groups -OCH3 is 1. The molecular formula is C11H18ClNOS. The second-order valence-electron chi connectivity index (χ2n) is 3.45. The number of rotatable bonds is 7. The molecule has 1 atom stereocenters. The fourth-order valence-electron chi connectivity index (χ4n) is 1.54. The van der Waals surface area contributed by atoms with Gasteiger partial charge in [-0.2, -0.15) is 0 Å². The lowest BCUT2D eigenvalue weighted by Gasteiger charge is -2.16. The first-order valence-corrected chi connectivity index (χ1v) is 6.42. The van der Waals surface area contributed by atoms with E-state index < -0.39 is 0 Å². The zero-order chi connectivity index (χ0) is 11.1. The Morgan fingerprint density at radius 1 is 1.53 bits per heavy atom.